The number of amides is 2. The molecule has 1 aromatic rings. The van der Waals surface area contributed by atoms with Crippen molar-refractivity contribution < 1.29 is 14.3 Å². The Morgan fingerprint density at radius 3 is 2.52 bits per heavy atom. The van der Waals surface area contributed by atoms with Gasteiger partial charge in [-0.05, 0) is 24.3 Å². The molecule has 0 spiro atoms. The number of rotatable bonds is 3. The van der Waals surface area contributed by atoms with Gasteiger partial charge in [0.25, 0.3) is 5.91 Å². The molecule has 3 rings (SSSR count). The molecule has 2 aliphatic heterocycles. The fourth-order valence-corrected chi connectivity index (χ4v) is 2.61. The van der Waals surface area contributed by atoms with Crippen LogP contribution in [0.2, 0.25) is 0 Å². The molecule has 0 unspecified atom stereocenters. The number of hydrogen-bond donors (Lipinski definition) is 1. The van der Waals surface area contributed by atoms with Crippen LogP contribution in [0.1, 0.15) is 12.8 Å². The van der Waals surface area contributed by atoms with Crippen molar-refractivity contribution in [3.05, 3.63) is 24.3 Å². The topological polar surface area (TPSA) is 74.2 Å². The van der Waals surface area contributed by atoms with Gasteiger partial charge in [-0.1, -0.05) is 0 Å². The molecule has 0 aliphatic carbocycles. The lowest BCUT2D eigenvalue weighted by atomic mass is 10.1. The Hall–Kier alpha value is -2.41. The van der Waals surface area contributed by atoms with Crippen LogP contribution in [0.5, 0.6) is 0 Å². The largest absolute Gasteiger partial charge is 0.378 e. The molecule has 1 fully saturated rings. The van der Waals surface area contributed by atoms with Crippen molar-refractivity contribution in [2.75, 3.05) is 43.6 Å². The van der Waals surface area contributed by atoms with Gasteiger partial charge in [-0.15, -0.1) is 0 Å². The van der Waals surface area contributed by atoms with Crippen molar-refractivity contribution in [1.82, 2.24) is 5.01 Å². The zero-order valence-corrected chi connectivity index (χ0v) is 13.1. The highest BCUT2D eigenvalue weighted by Gasteiger charge is 2.22. The molecule has 0 saturated carbocycles. The third-order valence-electron chi connectivity index (χ3n) is 3.97. The van der Waals surface area contributed by atoms with Crippen molar-refractivity contribution in [3.8, 4) is 0 Å². The van der Waals surface area contributed by atoms with Gasteiger partial charge in [-0.2, -0.15) is 5.10 Å². The second kappa shape index (κ2) is 6.78. The number of benzene rings is 1. The van der Waals surface area contributed by atoms with Crippen LogP contribution in [-0.2, 0) is 14.3 Å². The highest BCUT2D eigenvalue weighted by atomic mass is 16.5. The predicted octanol–water partition coefficient (Wildman–Crippen LogP) is 1.07. The van der Waals surface area contributed by atoms with E-state index in [4.69, 9.17) is 4.74 Å². The van der Waals surface area contributed by atoms with Crippen LogP contribution in [0.4, 0.5) is 11.4 Å². The van der Waals surface area contributed by atoms with Gasteiger partial charge < -0.3 is 15.0 Å². The summed E-state index contributed by atoms with van der Waals surface area (Å²) in [6, 6.07) is 7.72. The summed E-state index contributed by atoms with van der Waals surface area (Å²) in [6.07, 6.45) is 0.694. The number of ether oxygens (including phenoxy) is 1. The molecule has 2 amide bonds. The Balaban J connectivity index is 1.63. The third kappa shape index (κ3) is 3.68. The minimum absolute atomic E-state index is 0.0728. The quantitative estimate of drug-likeness (QED) is 0.905. The molecule has 1 N–H and O–H groups in total. The van der Waals surface area contributed by atoms with E-state index in [2.05, 4.69) is 15.3 Å². The molecule has 2 aliphatic rings. The van der Waals surface area contributed by atoms with Crippen LogP contribution in [0, 0.1) is 0 Å². The average Bonchev–Trinajstić information content (AvgIpc) is 2.59. The van der Waals surface area contributed by atoms with E-state index < -0.39 is 0 Å². The number of carbonyl (C=O) groups is 2. The monoisotopic (exact) mass is 316 g/mol. The SMILES string of the molecule is CN1N=C(C(=O)Nc2ccc(N3CCOCC3)cc2)CCC1=O. The summed E-state index contributed by atoms with van der Waals surface area (Å²) in [4.78, 5) is 25.8. The lowest BCUT2D eigenvalue weighted by molar-refractivity contribution is -0.130. The molecule has 0 radical (unpaired) electrons. The number of hydrogen-bond acceptors (Lipinski definition) is 5. The molecule has 0 aromatic heterocycles. The Morgan fingerprint density at radius 1 is 1.17 bits per heavy atom. The smallest absolute Gasteiger partial charge is 0.271 e. The van der Waals surface area contributed by atoms with Gasteiger partial charge in [0.2, 0.25) is 5.91 Å². The summed E-state index contributed by atoms with van der Waals surface area (Å²) >= 11 is 0. The molecule has 7 nitrogen and oxygen atoms in total. The van der Waals surface area contributed by atoms with Gasteiger partial charge in [-0.3, -0.25) is 9.59 Å². The Bertz CT molecular complexity index is 621. The molecular weight excluding hydrogens is 296 g/mol. The molecular formula is C16H20N4O3. The van der Waals surface area contributed by atoms with Gasteiger partial charge in [0, 0.05) is 44.4 Å². The summed E-state index contributed by atoms with van der Waals surface area (Å²) < 4.78 is 5.34. The van der Waals surface area contributed by atoms with Crippen LogP contribution in [0.15, 0.2) is 29.4 Å². The van der Waals surface area contributed by atoms with E-state index in [-0.39, 0.29) is 11.8 Å². The van der Waals surface area contributed by atoms with Gasteiger partial charge in [0.05, 0.1) is 13.2 Å². The molecule has 0 atom stereocenters. The normalized spacial score (nSPS) is 18.7. The van der Waals surface area contributed by atoms with Gasteiger partial charge >= 0.3 is 0 Å². The molecule has 1 saturated heterocycles. The van der Waals surface area contributed by atoms with Crippen LogP contribution in [-0.4, -0.2) is 55.9 Å². The van der Waals surface area contributed by atoms with Gasteiger partial charge in [0.15, 0.2) is 0 Å². The first-order valence-corrected chi connectivity index (χ1v) is 7.71. The van der Waals surface area contributed by atoms with E-state index in [1.807, 2.05) is 24.3 Å². The number of morpholine rings is 1. The Morgan fingerprint density at radius 2 is 1.87 bits per heavy atom. The zero-order valence-electron chi connectivity index (χ0n) is 13.1. The fraction of sp³-hybridized carbons (Fsp3) is 0.438. The van der Waals surface area contributed by atoms with Crippen LogP contribution in [0.25, 0.3) is 0 Å². The number of nitrogens with one attached hydrogen (secondary N) is 1. The number of carbonyl (C=O) groups excluding carboxylic acids is 2. The lowest BCUT2D eigenvalue weighted by Gasteiger charge is -2.28. The third-order valence-corrected chi connectivity index (χ3v) is 3.97. The maximum Gasteiger partial charge on any atom is 0.271 e. The molecule has 23 heavy (non-hydrogen) atoms. The van der Waals surface area contributed by atoms with E-state index in [0.717, 1.165) is 32.0 Å². The first-order chi connectivity index (χ1) is 11.1. The van der Waals surface area contributed by atoms with Crippen LogP contribution in [0.3, 0.4) is 0 Å². The Kier molecular flexibility index (Phi) is 4.57. The lowest BCUT2D eigenvalue weighted by Crippen LogP contribution is -2.36. The van der Waals surface area contributed by atoms with Gasteiger partial charge in [-0.25, -0.2) is 5.01 Å². The molecule has 0 bridgehead atoms. The molecule has 7 heteroatoms. The summed E-state index contributed by atoms with van der Waals surface area (Å²) in [5.74, 6) is -0.333. The van der Waals surface area contributed by atoms with E-state index in [1.54, 1.807) is 7.05 Å². The second-order valence-electron chi connectivity index (χ2n) is 5.56. The molecule has 1 aromatic carbocycles. The second-order valence-corrected chi connectivity index (χ2v) is 5.56. The van der Waals surface area contributed by atoms with Crippen LogP contribution >= 0.6 is 0 Å². The minimum Gasteiger partial charge on any atom is -0.378 e. The number of nitrogens with zero attached hydrogens (tertiary/aromatic N) is 3. The first kappa shape index (κ1) is 15.5. The van der Waals surface area contributed by atoms with E-state index in [0.29, 0.717) is 24.2 Å². The molecule has 2 heterocycles. The molecule has 122 valence electrons. The minimum atomic E-state index is -0.261. The highest BCUT2D eigenvalue weighted by Crippen LogP contribution is 2.19. The van der Waals surface area contributed by atoms with E-state index in [1.165, 1.54) is 5.01 Å². The van der Waals surface area contributed by atoms with E-state index >= 15 is 0 Å². The highest BCUT2D eigenvalue weighted by molar-refractivity contribution is 6.43. The standard InChI is InChI=1S/C16H20N4O3/c1-19-15(21)7-6-14(18-19)16(22)17-12-2-4-13(5-3-12)20-8-10-23-11-9-20/h2-5H,6-11H2,1H3,(H,17,22). The zero-order chi connectivity index (χ0) is 16.2. The van der Waals surface area contributed by atoms with E-state index in [9.17, 15) is 9.59 Å². The summed E-state index contributed by atoms with van der Waals surface area (Å²) in [5.41, 5.74) is 2.21. The van der Waals surface area contributed by atoms with Crippen molar-refractivity contribution >= 4 is 28.9 Å². The van der Waals surface area contributed by atoms with Crippen molar-refractivity contribution in [2.24, 2.45) is 5.10 Å². The average molecular weight is 316 g/mol. The maximum atomic E-state index is 12.2. The van der Waals surface area contributed by atoms with Crippen molar-refractivity contribution in [1.29, 1.82) is 0 Å². The Labute approximate surface area is 134 Å². The van der Waals surface area contributed by atoms with Crippen molar-refractivity contribution in [2.45, 2.75) is 12.8 Å². The van der Waals surface area contributed by atoms with Crippen molar-refractivity contribution in [3.63, 3.8) is 0 Å². The number of hydrazone groups is 1. The first-order valence-electron chi connectivity index (χ1n) is 7.71. The van der Waals surface area contributed by atoms with Crippen LogP contribution < -0.4 is 10.2 Å². The summed E-state index contributed by atoms with van der Waals surface area (Å²) in [5, 5.41) is 8.07. The summed E-state index contributed by atoms with van der Waals surface area (Å²) in [6.45, 7) is 3.24. The summed E-state index contributed by atoms with van der Waals surface area (Å²) in [7, 11) is 1.56. The number of anilines is 2. The van der Waals surface area contributed by atoms with Gasteiger partial charge in [0.1, 0.15) is 5.71 Å². The predicted molar refractivity (Wildman–Crippen MR) is 87.5 cm³/mol. The maximum absolute atomic E-state index is 12.2. The fourth-order valence-electron chi connectivity index (χ4n) is 2.61.